The van der Waals surface area contributed by atoms with E-state index in [0.29, 0.717) is 31.8 Å². The Bertz CT molecular complexity index is 778. The molecule has 1 N–H and O–H groups in total. The maximum Gasteiger partial charge on any atom is 0.259 e. The SMILES string of the molecule is COc1cc(F)c(C(=O)N2CCC([C@H](O)c3nccn3C)CC2)c(F)c1. The number of aliphatic hydroxyl groups excluding tert-OH is 1. The Morgan fingerprint density at radius 3 is 2.42 bits per heavy atom. The van der Waals surface area contributed by atoms with Crippen LogP contribution >= 0.6 is 0 Å². The lowest BCUT2D eigenvalue weighted by atomic mass is 9.90. The van der Waals surface area contributed by atoms with Crippen LogP contribution in [-0.2, 0) is 7.05 Å². The molecular weight excluding hydrogens is 344 g/mol. The molecule has 1 atom stereocenters. The van der Waals surface area contributed by atoms with Gasteiger partial charge in [-0.15, -0.1) is 0 Å². The van der Waals surface area contributed by atoms with Crippen LogP contribution in [0.1, 0.15) is 35.1 Å². The predicted molar refractivity (Wildman–Crippen MR) is 89.7 cm³/mol. The molecule has 6 nitrogen and oxygen atoms in total. The van der Waals surface area contributed by atoms with Crippen LogP contribution in [-0.4, -0.2) is 45.7 Å². The molecule has 2 aromatic rings. The van der Waals surface area contributed by atoms with E-state index in [1.165, 1.54) is 12.0 Å². The number of hydrogen-bond donors (Lipinski definition) is 1. The molecule has 1 aliphatic heterocycles. The molecule has 0 spiro atoms. The van der Waals surface area contributed by atoms with E-state index in [9.17, 15) is 18.7 Å². The Morgan fingerprint density at radius 1 is 1.31 bits per heavy atom. The summed E-state index contributed by atoms with van der Waals surface area (Å²) in [6.45, 7) is 0.631. The minimum atomic E-state index is -0.943. The molecule has 0 aliphatic carbocycles. The third-order valence-electron chi connectivity index (χ3n) is 4.86. The van der Waals surface area contributed by atoms with Crippen LogP contribution in [0.15, 0.2) is 24.5 Å². The number of hydrogen-bond acceptors (Lipinski definition) is 4. The van der Waals surface area contributed by atoms with Crippen molar-refractivity contribution in [3.63, 3.8) is 0 Å². The molecule has 1 fully saturated rings. The molecule has 0 bridgehead atoms. The minimum Gasteiger partial charge on any atom is -0.497 e. The van der Waals surface area contributed by atoms with Crippen molar-refractivity contribution < 1.29 is 23.4 Å². The monoisotopic (exact) mass is 365 g/mol. The third-order valence-corrected chi connectivity index (χ3v) is 4.86. The number of methoxy groups -OCH3 is 1. The molecule has 2 heterocycles. The summed E-state index contributed by atoms with van der Waals surface area (Å²) in [5.41, 5.74) is -0.575. The molecule has 1 aromatic heterocycles. The molecule has 0 saturated carbocycles. The first-order valence-corrected chi connectivity index (χ1v) is 8.40. The van der Waals surface area contributed by atoms with E-state index in [2.05, 4.69) is 4.98 Å². The zero-order valence-electron chi connectivity index (χ0n) is 14.7. The zero-order chi connectivity index (χ0) is 18.8. The highest BCUT2D eigenvalue weighted by atomic mass is 19.1. The van der Waals surface area contributed by atoms with Crippen molar-refractivity contribution in [2.75, 3.05) is 20.2 Å². The largest absolute Gasteiger partial charge is 0.497 e. The Kier molecular flexibility index (Phi) is 5.22. The molecule has 8 heteroatoms. The van der Waals surface area contributed by atoms with Gasteiger partial charge >= 0.3 is 0 Å². The second-order valence-electron chi connectivity index (χ2n) is 6.44. The zero-order valence-corrected chi connectivity index (χ0v) is 14.7. The number of amides is 1. The number of benzene rings is 1. The maximum atomic E-state index is 14.1. The second kappa shape index (κ2) is 7.41. The van der Waals surface area contributed by atoms with Gasteiger partial charge in [0.1, 0.15) is 34.9 Å². The van der Waals surface area contributed by atoms with Gasteiger partial charge < -0.3 is 19.3 Å². The summed E-state index contributed by atoms with van der Waals surface area (Å²) in [4.78, 5) is 18.1. The number of halogens is 2. The normalized spacial score (nSPS) is 16.6. The first-order chi connectivity index (χ1) is 12.4. The van der Waals surface area contributed by atoms with Crippen LogP contribution < -0.4 is 4.74 Å². The number of carbonyl (C=O) groups excluding carboxylic acids is 1. The van der Waals surface area contributed by atoms with Crippen molar-refractivity contribution in [1.29, 1.82) is 0 Å². The molecule has 0 radical (unpaired) electrons. The smallest absolute Gasteiger partial charge is 0.259 e. The minimum absolute atomic E-state index is 0.0217. The van der Waals surface area contributed by atoms with Gasteiger partial charge in [-0.2, -0.15) is 0 Å². The number of aryl methyl sites for hydroxylation is 1. The molecule has 3 rings (SSSR count). The van der Waals surface area contributed by atoms with Crippen LogP contribution in [0.3, 0.4) is 0 Å². The van der Waals surface area contributed by atoms with Gasteiger partial charge in [-0.1, -0.05) is 0 Å². The number of aromatic nitrogens is 2. The fraction of sp³-hybridized carbons (Fsp3) is 0.444. The first kappa shape index (κ1) is 18.3. The van der Waals surface area contributed by atoms with Crippen molar-refractivity contribution in [3.8, 4) is 5.75 Å². The van der Waals surface area contributed by atoms with Gasteiger partial charge in [0.15, 0.2) is 0 Å². The Labute approximate surface area is 150 Å². The fourth-order valence-electron chi connectivity index (χ4n) is 3.32. The lowest BCUT2D eigenvalue weighted by Gasteiger charge is -2.34. The van der Waals surface area contributed by atoms with Crippen LogP contribution in [0.25, 0.3) is 0 Å². The number of likely N-dealkylation sites (tertiary alicyclic amines) is 1. The van der Waals surface area contributed by atoms with E-state index in [1.54, 1.807) is 24.0 Å². The highest BCUT2D eigenvalue weighted by Crippen LogP contribution is 2.31. The molecule has 140 valence electrons. The summed E-state index contributed by atoms with van der Waals surface area (Å²) >= 11 is 0. The van der Waals surface area contributed by atoms with E-state index >= 15 is 0 Å². The van der Waals surface area contributed by atoms with Gasteiger partial charge in [0, 0.05) is 44.7 Å². The summed E-state index contributed by atoms with van der Waals surface area (Å²) in [5, 5.41) is 10.5. The average molecular weight is 365 g/mol. The van der Waals surface area contributed by atoms with Gasteiger partial charge in [0.25, 0.3) is 5.91 Å². The summed E-state index contributed by atoms with van der Waals surface area (Å²) in [5.74, 6) is -2.04. The predicted octanol–water partition coefficient (Wildman–Crippen LogP) is 2.29. The molecule has 26 heavy (non-hydrogen) atoms. The average Bonchev–Trinajstić information content (AvgIpc) is 3.06. The highest BCUT2D eigenvalue weighted by molar-refractivity contribution is 5.95. The number of piperidine rings is 1. The standard InChI is InChI=1S/C18H21F2N3O3/c1-22-8-5-21-17(22)16(24)11-3-6-23(7-4-11)18(25)15-13(19)9-12(26-2)10-14(15)20/h5,8-11,16,24H,3-4,6-7H2,1-2H3/t16-/m0/s1. The Hall–Kier alpha value is -2.48. The van der Waals surface area contributed by atoms with Crippen LogP contribution in [0.5, 0.6) is 5.75 Å². The van der Waals surface area contributed by atoms with Gasteiger partial charge in [-0.05, 0) is 18.8 Å². The topological polar surface area (TPSA) is 67.6 Å². The number of carbonyl (C=O) groups is 1. The number of nitrogens with zero attached hydrogens (tertiary/aromatic N) is 3. The van der Waals surface area contributed by atoms with Crippen LogP contribution in [0.4, 0.5) is 8.78 Å². The van der Waals surface area contributed by atoms with Gasteiger partial charge in [-0.25, -0.2) is 13.8 Å². The number of rotatable bonds is 4. The summed E-state index contributed by atoms with van der Waals surface area (Å²) in [6.07, 6.45) is 3.69. The van der Waals surface area contributed by atoms with Gasteiger partial charge in [-0.3, -0.25) is 4.79 Å². The number of ether oxygens (including phenoxy) is 1. The number of aliphatic hydroxyl groups is 1. The summed E-state index contributed by atoms with van der Waals surface area (Å²) < 4.78 is 34.8. The third kappa shape index (κ3) is 3.41. The van der Waals surface area contributed by atoms with E-state index in [1.807, 2.05) is 0 Å². The highest BCUT2D eigenvalue weighted by Gasteiger charge is 2.32. The summed E-state index contributed by atoms with van der Waals surface area (Å²) in [6, 6.07) is 1.99. The molecule has 0 unspecified atom stereocenters. The molecule has 1 saturated heterocycles. The van der Waals surface area contributed by atoms with Crippen LogP contribution in [0.2, 0.25) is 0 Å². The fourth-order valence-corrected chi connectivity index (χ4v) is 3.32. The quantitative estimate of drug-likeness (QED) is 0.903. The maximum absolute atomic E-state index is 14.1. The van der Waals surface area contributed by atoms with E-state index in [4.69, 9.17) is 4.74 Å². The van der Waals surface area contributed by atoms with Crippen LogP contribution in [0, 0.1) is 17.6 Å². The Balaban J connectivity index is 1.68. The molecule has 1 aliphatic rings. The Morgan fingerprint density at radius 2 is 1.92 bits per heavy atom. The van der Waals surface area contributed by atoms with Gasteiger partial charge in [0.05, 0.1) is 7.11 Å². The van der Waals surface area contributed by atoms with E-state index in [-0.39, 0.29) is 11.7 Å². The van der Waals surface area contributed by atoms with Crippen molar-refractivity contribution in [3.05, 3.63) is 47.5 Å². The van der Waals surface area contributed by atoms with Gasteiger partial charge in [0.2, 0.25) is 0 Å². The second-order valence-corrected chi connectivity index (χ2v) is 6.44. The van der Waals surface area contributed by atoms with Crippen molar-refractivity contribution in [2.45, 2.75) is 18.9 Å². The van der Waals surface area contributed by atoms with Crippen molar-refractivity contribution in [1.82, 2.24) is 14.5 Å². The van der Waals surface area contributed by atoms with E-state index in [0.717, 1.165) is 12.1 Å². The lowest BCUT2D eigenvalue weighted by molar-refractivity contribution is 0.0414. The van der Waals surface area contributed by atoms with Crippen molar-refractivity contribution in [2.24, 2.45) is 13.0 Å². The summed E-state index contributed by atoms with van der Waals surface area (Å²) in [7, 11) is 3.10. The van der Waals surface area contributed by atoms with E-state index < -0.39 is 29.2 Å². The number of imidazole rings is 1. The lowest BCUT2D eigenvalue weighted by Crippen LogP contribution is -2.40. The first-order valence-electron chi connectivity index (χ1n) is 8.40. The van der Waals surface area contributed by atoms with Crippen molar-refractivity contribution >= 4 is 5.91 Å². The molecular formula is C18H21F2N3O3. The molecule has 1 amide bonds. The molecule has 1 aromatic carbocycles.